The number of nitrogens with zero attached hydrogens (tertiary/aromatic N) is 1. The van der Waals surface area contributed by atoms with E-state index < -0.39 is 0 Å². The Morgan fingerprint density at radius 2 is 1.94 bits per heavy atom. The van der Waals surface area contributed by atoms with Crippen LogP contribution in [-0.4, -0.2) is 36.0 Å². The van der Waals surface area contributed by atoms with Crippen LogP contribution in [0.2, 0.25) is 0 Å². The lowest BCUT2D eigenvalue weighted by atomic mass is 9.90. The first kappa shape index (κ1) is 15.5. The summed E-state index contributed by atoms with van der Waals surface area (Å²) in [5.74, 6) is 1.01. The summed E-state index contributed by atoms with van der Waals surface area (Å²) in [6.07, 6.45) is 3.53. The van der Waals surface area contributed by atoms with Gasteiger partial charge in [-0.3, -0.25) is 9.69 Å². The summed E-state index contributed by atoms with van der Waals surface area (Å²) in [4.78, 5) is 14.4. The van der Waals surface area contributed by atoms with E-state index in [1.165, 1.54) is 19.4 Å². The Kier molecular flexibility index (Phi) is 6.13. The van der Waals surface area contributed by atoms with Gasteiger partial charge in [-0.15, -0.1) is 0 Å². The summed E-state index contributed by atoms with van der Waals surface area (Å²) in [6, 6.07) is 0.963. The van der Waals surface area contributed by atoms with Gasteiger partial charge in [0.1, 0.15) is 0 Å². The topological polar surface area (TPSA) is 32.3 Å². The van der Waals surface area contributed by atoms with Gasteiger partial charge in [0, 0.05) is 31.1 Å². The first-order chi connectivity index (χ1) is 8.47. The van der Waals surface area contributed by atoms with E-state index in [2.05, 4.69) is 31.0 Å². The Morgan fingerprint density at radius 1 is 1.28 bits per heavy atom. The van der Waals surface area contributed by atoms with Gasteiger partial charge >= 0.3 is 0 Å². The third kappa shape index (κ3) is 4.27. The predicted molar refractivity (Wildman–Crippen MR) is 76.5 cm³/mol. The molecule has 1 rings (SSSR count). The van der Waals surface area contributed by atoms with Crippen molar-refractivity contribution >= 4 is 5.91 Å². The molecule has 0 saturated carbocycles. The second kappa shape index (κ2) is 7.13. The maximum absolute atomic E-state index is 11.8. The number of rotatable bonds is 5. The summed E-state index contributed by atoms with van der Waals surface area (Å²) < 4.78 is 0. The van der Waals surface area contributed by atoms with Crippen molar-refractivity contribution in [3.63, 3.8) is 0 Å². The van der Waals surface area contributed by atoms with Crippen molar-refractivity contribution in [1.29, 1.82) is 0 Å². The lowest BCUT2D eigenvalue weighted by molar-refractivity contribution is -0.125. The van der Waals surface area contributed by atoms with Gasteiger partial charge in [-0.1, -0.05) is 34.1 Å². The van der Waals surface area contributed by atoms with Gasteiger partial charge in [0.25, 0.3) is 0 Å². The van der Waals surface area contributed by atoms with E-state index in [0.717, 1.165) is 18.9 Å². The fourth-order valence-electron chi connectivity index (χ4n) is 2.63. The van der Waals surface area contributed by atoms with Gasteiger partial charge in [0.15, 0.2) is 0 Å². The average Bonchev–Trinajstić information content (AvgIpc) is 2.37. The van der Waals surface area contributed by atoms with Gasteiger partial charge in [-0.25, -0.2) is 0 Å². The van der Waals surface area contributed by atoms with E-state index >= 15 is 0 Å². The molecule has 0 aromatic carbocycles. The molecular formula is C15H30N2O. The first-order valence-corrected chi connectivity index (χ1v) is 7.52. The Labute approximate surface area is 112 Å². The van der Waals surface area contributed by atoms with E-state index in [1.54, 1.807) is 0 Å². The Hall–Kier alpha value is -0.570. The summed E-state index contributed by atoms with van der Waals surface area (Å²) in [5.41, 5.74) is 0. The molecule has 3 atom stereocenters. The fraction of sp³-hybridized carbons (Fsp3) is 0.933. The minimum atomic E-state index is 0.0871. The van der Waals surface area contributed by atoms with Crippen molar-refractivity contribution in [2.24, 2.45) is 11.8 Å². The van der Waals surface area contributed by atoms with Crippen molar-refractivity contribution in [2.75, 3.05) is 13.1 Å². The van der Waals surface area contributed by atoms with Gasteiger partial charge in [-0.2, -0.15) is 0 Å². The Morgan fingerprint density at radius 3 is 2.44 bits per heavy atom. The largest absolute Gasteiger partial charge is 0.352 e. The quantitative estimate of drug-likeness (QED) is 0.818. The van der Waals surface area contributed by atoms with Crippen LogP contribution in [0.5, 0.6) is 0 Å². The summed E-state index contributed by atoms with van der Waals surface area (Å²) in [6.45, 7) is 12.9. The van der Waals surface area contributed by atoms with Crippen LogP contribution in [0.1, 0.15) is 53.9 Å². The highest BCUT2D eigenvalue weighted by atomic mass is 16.1. The number of likely N-dealkylation sites (tertiary alicyclic amines) is 1. The minimum absolute atomic E-state index is 0.0871. The molecule has 0 radical (unpaired) electrons. The molecule has 1 N–H and O–H groups in total. The molecule has 1 fully saturated rings. The molecule has 0 bridgehead atoms. The van der Waals surface area contributed by atoms with E-state index in [9.17, 15) is 4.79 Å². The van der Waals surface area contributed by atoms with Crippen molar-refractivity contribution in [1.82, 2.24) is 10.2 Å². The third-order valence-electron chi connectivity index (χ3n) is 4.23. The fourth-order valence-corrected chi connectivity index (χ4v) is 2.63. The maximum Gasteiger partial charge on any atom is 0.222 e. The molecule has 1 amide bonds. The van der Waals surface area contributed by atoms with Crippen molar-refractivity contribution in [2.45, 2.75) is 66.0 Å². The molecule has 3 nitrogen and oxygen atoms in total. The highest BCUT2D eigenvalue weighted by Gasteiger charge is 2.29. The normalized spacial score (nSPS) is 27.2. The number of carbonyl (C=O) groups is 1. The van der Waals surface area contributed by atoms with Crippen LogP contribution in [0.15, 0.2) is 0 Å². The number of piperidine rings is 1. The second-order valence-corrected chi connectivity index (χ2v) is 6.08. The van der Waals surface area contributed by atoms with Crippen LogP contribution in [0.4, 0.5) is 0 Å². The third-order valence-corrected chi connectivity index (χ3v) is 4.23. The lowest BCUT2D eigenvalue weighted by Crippen LogP contribution is -2.53. The molecule has 1 aliphatic rings. The van der Waals surface area contributed by atoms with Crippen molar-refractivity contribution in [3.8, 4) is 0 Å². The minimum Gasteiger partial charge on any atom is -0.352 e. The zero-order chi connectivity index (χ0) is 13.7. The number of carbonyl (C=O) groups excluding carboxylic acids is 1. The predicted octanol–water partition coefficient (Wildman–Crippen LogP) is 2.66. The lowest BCUT2D eigenvalue weighted by Gasteiger charge is -2.41. The molecule has 1 heterocycles. The monoisotopic (exact) mass is 254 g/mol. The summed E-state index contributed by atoms with van der Waals surface area (Å²) >= 11 is 0. The Balaban J connectivity index is 2.59. The van der Waals surface area contributed by atoms with Crippen LogP contribution in [-0.2, 0) is 4.79 Å². The van der Waals surface area contributed by atoms with Crippen LogP contribution < -0.4 is 5.32 Å². The molecule has 3 unspecified atom stereocenters. The molecule has 1 saturated heterocycles. The molecule has 0 aromatic heterocycles. The molecule has 1 aliphatic heterocycles. The van der Waals surface area contributed by atoms with E-state index in [-0.39, 0.29) is 11.8 Å². The van der Waals surface area contributed by atoms with Crippen LogP contribution >= 0.6 is 0 Å². The van der Waals surface area contributed by atoms with Crippen molar-refractivity contribution < 1.29 is 4.79 Å². The highest BCUT2D eigenvalue weighted by Crippen LogP contribution is 2.22. The average molecular weight is 254 g/mol. The standard InChI is InChI=1S/C15H30N2O/c1-6-12(5)17-9-13(7-2)8-14(10-17)16-15(18)11(3)4/h11-14H,6-10H2,1-5H3,(H,16,18). The van der Waals surface area contributed by atoms with Crippen LogP contribution in [0.25, 0.3) is 0 Å². The number of nitrogens with one attached hydrogen (secondary N) is 1. The van der Waals surface area contributed by atoms with E-state index in [4.69, 9.17) is 0 Å². The van der Waals surface area contributed by atoms with Gasteiger partial charge in [0.2, 0.25) is 5.91 Å². The Bertz CT molecular complexity index is 265. The van der Waals surface area contributed by atoms with Crippen LogP contribution in [0.3, 0.4) is 0 Å². The van der Waals surface area contributed by atoms with E-state index in [0.29, 0.717) is 12.1 Å². The molecule has 106 valence electrons. The number of amides is 1. The molecule has 3 heteroatoms. The molecule has 0 spiro atoms. The number of hydrogen-bond acceptors (Lipinski definition) is 2. The SMILES string of the molecule is CCC1CC(NC(=O)C(C)C)CN(C(C)CC)C1. The highest BCUT2D eigenvalue weighted by molar-refractivity contribution is 5.78. The van der Waals surface area contributed by atoms with Gasteiger partial charge in [-0.05, 0) is 25.7 Å². The second-order valence-electron chi connectivity index (χ2n) is 6.08. The zero-order valence-electron chi connectivity index (χ0n) is 12.7. The van der Waals surface area contributed by atoms with E-state index in [1.807, 2.05) is 13.8 Å². The van der Waals surface area contributed by atoms with Crippen molar-refractivity contribution in [3.05, 3.63) is 0 Å². The maximum atomic E-state index is 11.8. The molecule has 18 heavy (non-hydrogen) atoms. The summed E-state index contributed by atoms with van der Waals surface area (Å²) in [5, 5.41) is 3.21. The first-order valence-electron chi connectivity index (χ1n) is 7.52. The smallest absolute Gasteiger partial charge is 0.222 e. The van der Waals surface area contributed by atoms with Gasteiger partial charge < -0.3 is 5.32 Å². The molecule has 0 aliphatic carbocycles. The van der Waals surface area contributed by atoms with Crippen LogP contribution in [0, 0.1) is 11.8 Å². The van der Waals surface area contributed by atoms with Gasteiger partial charge in [0.05, 0.1) is 0 Å². The number of hydrogen-bond donors (Lipinski definition) is 1. The zero-order valence-corrected chi connectivity index (χ0v) is 12.7. The molecular weight excluding hydrogens is 224 g/mol. The molecule has 0 aromatic rings. The summed E-state index contributed by atoms with van der Waals surface area (Å²) in [7, 11) is 0.